The summed E-state index contributed by atoms with van der Waals surface area (Å²) in [5.41, 5.74) is 3.65. The molecule has 0 spiro atoms. The average molecular weight is 307 g/mol. The van der Waals surface area contributed by atoms with Crippen LogP contribution < -0.4 is 0 Å². The first-order valence-corrected chi connectivity index (χ1v) is 8.20. The van der Waals surface area contributed by atoms with E-state index in [0.717, 1.165) is 31.0 Å². The van der Waals surface area contributed by atoms with Crippen LogP contribution in [0.3, 0.4) is 0 Å². The van der Waals surface area contributed by atoms with Crippen LogP contribution in [0, 0.1) is 6.92 Å². The monoisotopic (exact) mass is 307 g/mol. The smallest absolute Gasteiger partial charge is 0.110 e. The highest BCUT2D eigenvalue weighted by Crippen LogP contribution is 2.28. The standard InChI is InChI=1S/C18H21N5/c1-14-21-10-17-9-20-11-18(23(14)17)16-5-3-7-22(13-16)12-15-4-2-6-19-8-15/h2,4,6,8-11,16H,3,5,7,12-13H2,1H3. The van der Waals surface area contributed by atoms with Crippen LogP contribution in [0.15, 0.2) is 43.1 Å². The minimum atomic E-state index is 0.504. The average Bonchev–Trinajstić information content (AvgIpc) is 2.98. The maximum atomic E-state index is 4.44. The van der Waals surface area contributed by atoms with E-state index in [9.17, 15) is 0 Å². The summed E-state index contributed by atoms with van der Waals surface area (Å²) in [6.45, 7) is 5.24. The van der Waals surface area contributed by atoms with E-state index in [2.05, 4.69) is 37.2 Å². The molecular weight excluding hydrogens is 286 g/mol. The Kier molecular flexibility index (Phi) is 3.79. The Hall–Kier alpha value is -2.27. The van der Waals surface area contributed by atoms with Gasteiger partial charge >= 0.3 is 0 Å². The number of nitrogens with zero attached hydrogens (tertiary/aromatic N) is 5. The summed E-state index contributed by atoms with van der Waals surface area (Å²) in [4.78, 5) is 15.6. The normalized spacial score (nSPS) is 19.3. The van der Waals surface area contributed by atoms with Crippen molar-refractivity contribution in [3.8, 4) is 0 Å². The lowest BCUT2D eigenvalue weighted by Crippen LogP contribution is -2.34. The number of aryl methyl sites for hydroxylation is 1. The Labute approximate surface area is 136 Å². The molecule has 23 heavy (non-hydrogen) atoms. The van der Waals surface area contributed by atoms with Gasteiger partial charge in [0.15, 0.2) is 0 Å². The van der Waals surface area contributed by atoms with Crippen molar-refractivity contribution in [3.05, 3.63) is 60.2 Å². The summed E-state index contributed by atoms with van der Waals surface area (Å²) in [7, 11) is 0. The highest BCUT2D eigenvalue weighted by Gasteiger charge is 2.24. The van der Waals surface area contributed by atoms with Crippen LogP contribution in [0.5, 0.6) is 0 Å². The number of imidazole rings is 1. The molecule has 1 aliphatic rings. The van der Waals surface area contributed by atoms with Crippen LogP contribution in [0.4, 0.5) is 0 Å². The molecule has 1 atom stereocenters. The van der Waals surface area contributed by atoms with Gasteiger partial charge in [-0.25, -0.2) is 4.98 Å². The third kappa shape index (κ3) is 2.84. The zero-order valence-electron chi connectivity index (χ0n) is 13.4. The van der Waals surface area contributed by atoms with E-state index < -0.39 is 0 Å². The summed E-state index contributed by atoms with van der Waals surface area (Å²) in [5.74, 6) is 1.55. The number of piperidine rings is 1. The molecule has 4 rings (SSSR count). The SMILES string of the molecule is Cc1ncc2cncc(C3CCCN(Cc4cccnc4)C3)n12. The molecule has 0 amide bonds. The van der Waals surface area contributed by atoms with Crippen molar-refractivity contribution in [2.45, 2.75) is 32.2 Å². The first-order valence-electron chi connectivity index (χ1n) is 8.20. The Balaban J connectivity index is 1.58. The number of aromatic nitrogens is 4. The Morgan fingerprint density at radius 3 is 3.00 bits per heavy atom. The van der Waals surface area contributed by atoms with Gasteiger partial charge in [0.25, 0.3) is 0 Å². The fourth-order valence-corrected chi connectivity index (χ4v) is 3.61. The van der Waals surface area contributed by atoms with Gasteiger partial charge in [0.1, 0.15) is 5.82 Å². The molecule has 3 aromatic rings. The largest absolute Gasteiger partial charge is 0.298 e. The predicted molar refractivity (Wildman–Crippen MR) is 89.2 cm³/mol. The predicted octanol–water partition coefficient (Wildman–Crippen LogP) is 2.81. The minimum Gasteiger partial charge on any atom is -0.298 e. The number of likely N-dealkylation sites (tertiary alicyclic amines) is 1. The van der Waals surface area contributed by atoms with Gasteiger partial charge < -0.3 is 0 Å². The Morgan fingerprint density at radius 2 is 2.13 bits per heavy atom. The quantitative estimate of drug-likeness (QED) is 0.746. The second kappa shape index (κ2) is 6.08. The van der Waals surface area contributed by atoms with E-state index in [1.54, 1.807) is 0 Å². The van der Waals surface area contributed by atoms with Crippen LogP contribution in [-0.2, 0) is 6.54 Å². The molecule has 1 unspecified atom stereocenters. The molecule has 0 aromatic carbocycles. The first-order chi connectivity index (χ1) is 11.3. The maximum Gasteiger partial charge on any atom is 0.110 e. The molecule has 5 nitrogen and oxygen atoms in total. The van der Waals surface area contributed by atoms with E-state index in [1.807, 2.05) is 37.1 Å². The van der Waals surface area contributed by atoms with E-state index >= 15 is 0 Å². The summed E-state index contributed by atoms with van der Waals surface area (Å²) in [6, 6.07) is 4.16. The lowest BCUT2D eigenvalue weighted by Gasteiger charge is -2.33. The molecule has 1 saturated heterocycles. The summed E-state index contributed by atoms with van der Waals surface area (Å²) < 4.78 is 2.26. The van der Waals surface area contributed by atoms with Gasteiger partial charge in [0.2, 0.25) is 0 Å². The van der Waals surface area contributed by atoms with E-state index in [0.29, 0.717) is 5.92 Å². The second-order valence-electron chi connectivity index (χ2n) is 6.33. The number of hydrogen-bond acceptors (Lipinski definition) is 4. The number of rotatable bonds is 3. The van der Waals surface area contributed by atoms with Crippen LogP contribution >= 0.6 is 0 Å². The van der Waals surface area contributed by atoms with Crippen LogP contribution in [0.1, 0.15) is 35.8 Å². The van der Waals surface area contributed by atoms with Crippen molar-refractivity contribution in [1.29, 1.82) is 0 Å². The Morgan fingerprint density at radius 1 is 1.17 bits per heavy atom. The van der Waals surface area contributed by atoms with E-state index in [1.165, 1.54) is 24.1 Å². The maximum absolute atomic E-state index is 4.44. The summed E-state index contributed by atoms with van der Waals surface area (Å²) >= 11 is 0. The molecule has 1 fully saturated rings. The molecule has 0 N–H and O–H groups in total. The van der Waals surface area contributed by atoms with Crippen molar-refractivity contribution in [1.82, 2.24) is 24.3 Å². The Bertz CT molecular complexity index is 796. The molecule has 0 aliphatic carbocycles. The van der Waals surface area contributed by atoms with E-state index in [-0.39, 0.29) is 0 Å². The van der Waals surface area contributed by atoms with Crippen molar-refractivity contribution in [2.75, 3.05) is 13.1 Å². The fraction of sp³-hybridized carbons (Fsp3) is 0.389. The van der Waals surface area contributed by atoms with Gasteiger partial charge in [-0.05, 0) is 37.9 Å². The third-order valence-electron chi connectivity index (χ3n) is 4.69. The highest BCUT2D eigenvalue weighted by molar-refractivity contribution is 5.45. The molecule has 0 radical (unpaired) electrons. The zero-order chi connectivity index (χ0) is 15.6. The van der Waals surface area contributed by atoms with Crippen molar-refractivity contribution in [3.63, 3.8) is 0 Å². The molecule has 5 heteroatoms. The molecule has 0 saturated carbocycles. The zero-order valence-corrected chi connectivity index (χ0v) is 13.4. The molecule has 0 bridgehead atoms. The van der Waals surface area contributed by atoms with Gasteiger partial charge in [0.05, 0.1) is 17.9 Å². The molecule has 3 aromatic heterocycles. The van der Waals surface area contributed by atoms with Gasteiger partial charge in [-0.1, -0.05) is 6.07 Å². The van der Waals surface area contributed by atoms with Gasteiger partial charge in [-0.3, -0.25) is 19.3 Å². The minimum absolute atomic E-state index is 0.504. The number of pyridine rings is 1. The molecular formula is C18H21N5. The van der Waals surface area contributed by atoms with Crippen molar-refractivity contribution in [2.24, 2.45) is 0 Å². The van der Waals surface area contributed by atoms with Gasteiger partial charge in [-0.15, -0.1) is 0 Å². The fourth-order valence-electron chi connectivity index (χ4n) is 3.61. The lowest BCUT2D eigenvalue weighted by atomic mass is 9.94. The molecule has 4 heterocycles. The number of fused-ring (bicyclic) bond motifs is 1. The second-order valence-corrected chi connectivity index (χ2v) is 6.33. The summed E-state index contributed by atoms with van der Waals surface area (Å²) in [5, 5.41) is 0. The molecule has 118 valence electrons. The van der Waals surface area contributed by atoms with Crippen molar-refractivity contribution >= 4 is 5.52 Å². The molecule has 1 aliphatic heterocycles. The van der Waals surface area contributed by atoms with E-state index in [4.69, 9.17) is 0 Å². The lowest BCUT2D eigenvalue weighted by molar-refractivity contribution is 0.197. The highest BCUT2D eigenvalue weighted by atomic mass is 15.1. The van der Waals surface area contributed by atoms with Crippen LogP contribution in [0.25, 0.3) is 5.52 Å². The van der Waals surface area contributed by atoms with Crippen LogP contribution in [-0.4, -0.2) is 37.3 Å². The topological polar surface area (TPSA) is 46.3 Å². The van der Waals surface area contributed by atoms with Crippen LogP contribution in [0.2, 0.25) is 0 Å². The summed E-state index contributed by atoms with van der Waals surface area (Å²) in [6.07, 6.45) is 12.0. The third-order valence-corrected chi connectivity index (χ3v) is 4.69. The van der Waals surface area contributed by atoms with Gasteiger partial charge in [0, 0.05) is 43.3 Å². The van der Waals surface area contributed by atoms with Crippen molar-refractivity contribution < 1.29 is 0 Å². The first kappa shape index (κ1) is 14.3. The van der Waals surface area contributed by atoms with Gasteiger partial charge in [-0.2, -0.15) is 0 Å². The number of hydrogen-bond donors (Lipinski definition) is 0.